The minimum absolute atomic E-state index is 0.282. The number of nitrogens with two attached hydrogens (primary N) is 1. The Kier molecular flexibility index (Phi) is 2.05. The first-order chi connectivity index (χ1) is 6.51. The molecule has 76 valence electrons. The molecule has 0 unspecified atom stereocenters. The van der Waals surface area contributed by atoms with Crippen molar-refractivity contribution in [3.05, 3.63) is 35.4 Å². The molecule has 0 radical (unpaired) electrons. The molecule has 0 amide bonds. The molecular weight excluding hydrogens is 188 g/mol. The zero-order valence-electron chi connectivity index (χ0n) is 7.50. The van der Waals surface area contributed by atoms with Crippen LogP contribution >= 0.6 is 0 Å². The van der Waals surface area contributed by atoms with Gasteiger partial charge in [-0.3, -0.25) is 0 Å². The summed E-state index contributed by atoms with van der Waals surface area (Å²) < 4.78 is 25.9. The number of hydrogen-bond donors (Lipinski definition) is 2. The lowest BCUT2D eigenvalue weighted by Gasteiger charge is -2.42. The highest BCUT2D eigenvalue weighted by Crippen LogP contribution is 2.40. The predicted molar refractivity (Wildman–Crippen MR) is 47.5 cm³/mol. The van der Waals surface area contributed by atoms with Crippen molar-refractivity contribution in [3.63, 3.8) is 0 Å². The predicted octanol–water partition coefficient (Wildman–Crippen LogP) is 1.27. The number of benzene rings is 1. The fourth-order valence-corrected chi connectivity index (χ4v) is 1.89. The van der Waals surface area contributed by atoms with E-state index in [0.29, 0.717) is 12.8 Å². The maximum Gasteiger partial charge on any atom is 0.131 e. The fraction of sp³-hybridized carbons (Fsp3) is 0.400. The smallest absolute Gasteiger partial charge is 0.131 e. The quantitative estimate of drug-likeness (QED) is 0.715. The van der Waals surface area contributed by atoms with Gasteiger partial charge in [0.2, 0.25) is 0 Å². The summed E-state index contributed by atoms with van der Waals surface area (Å²) in [5.41, 5.74) is 5.30. The lowest BCUT2D eigenvalue weighted by atomic mass is 9.70. The normalized spacial score (nSPS) is 31.3. The molecule has 0 bridgehead atoms. The molecule has 3 N–H and O–H groups in total. The molecule has 2 nitrogen and oxygen atoms in total. The molecule has 0 aromatic heterocycles. The largest absolute Gasteiger partial charge is 0.393 e. The lowest BCUT2D eigenvalue weighted by molar-refractivity contribution is 0.0192. The van der Waals surface area contributed by atoms with Crippen molar-refractivity contribution in [2.75, 3.05) is 0 Å². The highest BCUT2D eigenvalue weighted by atomic mass is 19.1. The van der Waals surface area contributed by atoms with Crippen LogP contribution < -0.4 is 5.73 Å². The fourth-order valence-electron chi connectivity index (χ4n) is 1.89. The summed E-state index contributed by atoms with van der Waals surface area (Å²) in [6, 6.07) is 3.34. The lowest BCUT2D eigenvalue weighted by Crippen LogP contribution is -2.52. The number of hydrogen-bond acceptors (Lipinski definition) is 2. The molecule has 0 atom stereocenters. The van der Waals surface area contributed by atoms with E-state index >= 15 is 0 Å². The van der Waals surface area contributed by atoms with Gasteiger partial charge in [-0.05, 0) is 18.9 Å². The maximum absolute atomic E-state index is 13.3. The van der Waals surface area contributed by atoms with Gasteiger partial charge in [-0.25, -0.2) is 8.78 Å². The third-order valence-electron chi connectivity index (χ3n) is 2.67. The minimum Gasteiger partial charge on any atom is -0.393 e. The molecule has 0 heterocycles. The summed E-state index contributed by atoms with van der Waals surface area (Å²) in [7, 11) is 0. The number of halogens is 2. The zero-order chi connectivity index (χ0) is 10.3. The first-order valence-corrected chi connectivity index (χ1v) is 4.44. The monoisotopic (exact) mass is 199 g/mol. The topological polar surface area (TPSA) is 46.2 Å². The molecule has 1 aromatic rings. The van der Waals surface area contributed by atoms with E-state index in [1.165, 1.54) is 12.1 Å². The van der Waals surface area contributed by atoms with Crippen molar-refractivity contribution >= 4 is 0 Å². The van der Waals surface area contributed by atoms with E-state index < -0.39 is 23.3 Å². The van der Waals surface area contributed by atoms with E-state index in [1.807, 2.05) is 0 Å². The molecule has 1 aliphatic rings. The van der Waals surface area contributed by atoms with Crippen LogP contribution in [0.5, 0.6) is 0 Å². The van der Waals surface area contributed by atoms with E-state index in [1.54, 1.807) is 0 Å². The van der Waals surface area contributed by atoms with Gasteiger partial charge in [0, 0.05) is 17.2 Å². The summed E-state index contributed by atoms with van der Waals surface area (Å²) in [5.74, 6) is -1.26. The summed E-state index contributed by atoms with van der Waals surface area (Å²) in [6.07, 6.45) is 0.190. The van der Waals surface area contributed by atoms with Crippen molar-refractivity contribution in [3.8, 4) is 0 Å². The molecule has 1 aromatic carbocycles. The highest BCUT2D eigenvalue weighted by molar-refractivity contribution is 5.29. The summed E-state index contributed by atoms with van der Waals surface area (Å²) in [6.45, 7) is 0. The van der Waals surface area contributed by atoms with Crippen LogP contribution in [-0.4, -0.2) is 11.2 Å². The molecule has 0 spiro atoms. The van der Waals surface area contributed by atoms with Crippen LogP contribution in [-0.2, 0) is 5.54 Å². The molecular formula is C10H11F2NO. The first kappa shape index (κ1) is 9.55. The van der Waals surface area contributed by atoms with Gasteiger partial charge < -0.3 is 10.8 Å². The van der Waals surface area contributed by atoms with Gasteiger partial charge >= 0.3 is 0 Å². The molecule has 1 fully saturated rings. The third kappa shape index (κ3) is 1.40. The summed E-state index contributed by atoms with van der Waals surface area (Å²) in [4.78, 5) is 0. The molecule has 2 rings (SSSR count). The zero-order valence-corrected chi connectivity index (χ0v) is 7.50. The molecule has 4 heteroatoms. The first-order valence-electron chi connectivity index (χ1n) is 4.44. The average molecular weight is 199 g/mol. The molecule has 14 heavy (non-hydrogen) atoms. The third-order valence-corrected chi connectivity index (χ3v) is 2.67. The van der Waals surface area contributed by atoms with Crippen LogP contribution in [0.4, 0.5) is 8.78 Å². The Hall–Kier alpha value is -1.00. The van der Waals surface area contributed by atoms with Crippen LogP contribution in [0.3, 0.4) is 0 Å². The van der Waals surface area contributed by atoms with E-state index in [4.69, 9.17) is 10.8 Å². The molecule has 1 saturated carbocycles. The standard InChI is InChI=1S/C10H11F2NO/c11-6-1-2-8(9(12)3-6)10(13)4-7(14)5-10/h1-3,7,14H,4-5,13H2. The Morgan fingerprint density at radius 2 is 2.00 bits per heavy atom. The van der Waals surface area contributed by atoms with E-state index in [0.717, 1.165) is 6.07 Å². The van der Waals surface area contributed by atoms with Crippen LogP contribution in [0.1, 0.15) is 18.4 Å². The Bertz CT molecular complexity index is 361. The minimum atomic E-state index is -0.822. The second-order valence-corrected chi connectivity index (χ2v) is 3.84. The van der Waals surface area contributed by atoms with Gasteiger partial charge in [0.1, 0.15) is 11.6 Å². The Morgan fingerprint density at radius 3 is 2.50 bits per heavy atom. The Morgan fingerprint density at radius 1 is 1.36 bits per heavy atom. The molecule has 0 aliphatic heterocycles. The summed E-state index contributed by atoms with van der Waals surface area (Å²) in [5, 5.41) is 9.11. The second kappa shape index (κ2) is 3.00. The number of aliphatic hydroxyl groups is 1. The van der Waals surface area contributed by atoms with E-state index in [-0.39, 0.29) is 5.56 Å². The van der Waals surface area contributed by atoms with Gasteiger partial charge in [-0.1, -0.05) is 6.07 Å². The molecule has 0 saturated heterocycles. The van der Waals surface area contributed by atoms with Crippen molar-refractivity contribution in [2.45, 2.75) is 24.5 Å². The van der Waals surface area contributed by atoms with Gasteiger partial charge in [0.15, 0.2) is 0 Å². The van der Waals surface area contributed by atoms with Crippen molar-refractivity contribution in [2.24, 2.45) is 5.73 Å². The highest BCUT2D eigenvalue weighted by Gasteiger charge is 2.43. The van der Waals surface area contributed by atoms with Gasteiger partial charge in [0.05, 0.1) is 6.10 Å². The van der Waals surface area contributed by atoms with Crippen LogP contribution in [0.15, 0.2) is 18.2 Å². The van der Waals surface area contributed by atoms with Crippen molar-refractivity contribution < 1.29 is 13.9 Å². The van der Waals surface area contributed by atoms with Gasteiger partial charge in [0.25, 0.3) is 0 Å². The van der Waals surface area contributed by atoms with Crippen LogP contribution in [0.25, 0.3) is 0 Å². The van der Waals surface area contributed by atoms with Crippen LogP contribution in [0, 0.1) is 11.6 Å². The average Bonchev–Trinajstić information content (AvgIpc) is 2.00. The molecule has 1 aliphatic carbocycles. The van der Waals surface area contributed by atoms with Gasteiger partial charge in [-0.2, -0.15) is 0 Å². The Balaban J connectivity index is 2.33. The Labute approximate surface area is 80.4 Å². The summed E-state index contributed by atoms with van der Waals surface area (Å²) >= 11 is 0. The SMILES string of the molecule is NC1(c2ccc(F)cc2F)CC(O)C1. The number of aliphatic hydroxyl groups excluding tert-OH is 1. The van der Waals surface area contributed by atoms with Crippen molar-refractivity contribution in [1.29, 1.82) is 0 Å². The van der Waals surface area contributed by atoms with E-state index in [2.05, 4.69) is 0 Å². The van der Waals surface area contributed by atoms with Crippen LogP contribution in [0.2, 0.25) is 0 Å². The number of rotatable bonds is 1. The van der Waals surface area contributed by atoms with E-state index in [9.17, 15) is 8.78 Å². The second-order valence-electron chi connectivity index (χ2n) is 3.84. The van der Waals surface area contributed by atoms with Gasteiger partial charge in [-0.15, -0.1) is 0 Å². The van der Waals surface area contributed by atoms with Crippen molar-refractivity contribution in [1.82, 2.24) is 0 Å². The maximum atomic E-state index is 13.3.